The first-order chi connectivity index (χ1) is 8.36. The van der Waals surface area contributed by atoms with Crippen LogP contribution in [0, 0.1) is 0 Å². The minimum absolute atomic E-state index is 0.00331. The van der Waals surface area contributed by atoms with Crippen molar-refractivity contribution in [2.45, 2.75) is 32.5 Å². The maximum Gasteiger partial charge on any atom is 0.157 e. The van der Waals surface area contributed by atoms with Gasteiger partial charge in [0.1, 0.15) is 0 Å². The first-order valence-electron chi connectivity index (χ1n) is 6.31. The minimum atomic E-state index is 0.00331. The molecule has 17 heavy (non-hydrogen) atoms. The highest BCUT2D eigenvalue weighted by atomic mass is 16.7. The largest absolute Gasteiger partial charge is 0.353 e. The van der Waals surface area contributed by atoms with Crippen LogP contribution in [0.3, 0.4) is 0 Å². The van der Waals surface area contributed by atoms with Crippen molar-refractivity contribution in [1.82, 2.24) is 0 Å². The molecule has 1 fully saturated rings. The fourth-order valence-corrected chi connectivity index (χ4v) is 1.94. The SMILES string of the molecule is CC(=CCOC1CCCCO1)c1ccccc1. The predicted octanol–water partition coefficient (Wildman–Crippen LogP) is 3.63. The Bertz CT molecular complexity index is 350. The van der Waals surface area contributed by atoms with E-state index in [1.165, 1.54) is 24.0 Å². The molecule has 2 rings (SSSR count). The summed E-state index contributed by atoms with van der Waals surface area (Å²) >= 11 is 0. The Morgan fingerprint density at radius 2 is 2.18 bits per heavy atom. The summed E-state index contributed by atoms with van der Waals surface area (Å²) in [5, 5.41) is 0. The van der Waals surface area contributed by atoms with Gasteiger partial charge in [-0.1, -0.05) is 36.4 Å². The molecule has 1 aliphatic heterocycles. The van der Waals surface area contributed by atoms with Crippen molar-refractivity contribution in [2.24, 2.45) is 0 Å². The molecule has 2 nitrogen and oxygen atoms in total. The Kier molecular flexibility index (Phi) is 4.77. The summed E-state index contributed by atoms with van der Waals surface area (Å²) in [6.45, 7) is 3.58. The van der Waals surface area contributed by atoms with Gasteiger partial charge in [-0.2, -0.15) is 0 Å². The second-order valence-corrected chi connectivity index (χ2v) is 4.38. The van der Waals surface area contributed by atoms with E-state index in [1.807, 2.05) is 6.07 Å². The van der Waals surface area contributed by atoms with Gasteiger partial charge >= 0.3 is 0 Å². The molecule has 0 aromatic heterocycles. The van der Waals surface area contributed by atoms with Crippen LogP contribution in [-0.4, -0.2) is 19.5 Å². The molecule has 0 saturated carbocycles. The highest BCUT2D eigenvalue weighted by molar-refractivity contribution is 5.63. The summed E-state index contributed by atoms with van der Waals surface area (Å²) in [5.41, 5.74) is 2.50. The molecule has 1 aromatic rings. The van der Waals surface area contributed by atoms with Gasteiger partial charge in [0.25, 0.3) is 0 Å². The van der Waals surface area contributed by atoms with Crippen LogP contribution < -0.4 is 0 Å². The molecule has 0 N–H and O–H groups in total. The Balaban J connectivity index is 1.80. The van der Waals surface area contributed by atoms with Gasteiger partial charge in [0.2, 0.25) is 0 Å². The Morgan fingerprint density at radius 3 is 2.88 bits per heavy atom. The third kappa shape index (κ3) is 3.99. The van der Waals surface area contributed by atoms with Gasteiger partial charge in [-0.3, -0.25) is 0 Å². The summed E-state index contributed by atoms with van der Waals surface area (Å²) in [6, 6.07) is 10.4. The number of benzene rings is 1. The number of ether oxygens (including phenoxy) is 2. The predicted molar refractivity (Wildman–Crippen MR) is 69.6 cm³/mol. The number of hydrogen-bond donors (Lipinski definition) is 0. The van der Waals surface area contributed by atoms with Gasteiger partial charge in [-0.15, -0.1) is 0 Å². The van der Waals surface area contributed by atoms with Gasteiger partial charge in [-0.25, -0.2) is 0 Å². The van der Waals surface area contributed by atoms with E-state index in [1.54, 1.807) is 0 Å². The molecule has 0 radical (unpaired) electrons. The van der Waals surface area contributed by atoms with E-state index in [0.717, 1.165) is 13.0 Å². The fraction of sp³-hybridized carbons (Fsp3) is 0.467. The molecule has 1 heterocycles. The fourth-order valence-electron chi connectivity index (χ4n) is 1.94. The average Bonchev–Trinajstić information content (AvgIpc) is 2.41. The number of rotatable bonds is 4. The zero-order valence-corrected chi connectivity index (χ0v) is 10.4. The molecule has 0 spiro atoms. The topological polar surface area (TPSA) is 18.5 Å². The van der Waals surface area contributed by atoms with E-state index in [2.05, 4.69) is 37.3 Å². The lowest BCUT2D eigenvalue weighted by Gasteiger charge is -2.22. The van der Waals surface area contributed by atoms with Crippen LogP contribution in [0.5, 0.6) is 0 Å². The van der Waals surface area contributed by atoms with Crippen LogP contribution in [-0.2, 0) is 9.47 Å². The molecule has 1 aromatic carbocycles. The normalized spacial score (nSPS) is 21.5. The van der Waals surface area contributed by atoms with E-state index in [0.29, 0.717) is 6.61 Å². The van der Waals surface area contributed by atoms with Gasteiger partial charge in [0.15, 0.2) is 6.29 Å². The lowest BCUT2D eigenvalue weighted by atomic mass is 10.1. The highest BCUT2D eigenvalue weighted by Crippen LogP contribution is 2.15. The summed E-state index contributed by atoms with van der Waals surface area (Å²) in [6.07, 6.45) is 5.53. The van der Waals surface area contributed by atoms with E-state index >= 15 is 0 Å². The van der Waals surface area contributed by atoms with E-state index in [4.69, 9.17) is 9.47 Å². The summed E-state index contributed by atoms with van der Waals surface area (Å²) < 4.78 is 11.2. The molecule has 2 heteroatoms. The minimum Gasteiger partial charge on any atom is -0.353 e. The number of allylic oxidation sites excluding steroid dienone is 1. The van der Waals surface area contributed by atoms with Gasteiger partial charge in [0, 0.05) is 6.61 Å². The quantitative estimate of drug-likeness (QED) is 0.789. The Labute approximate surface area is 103 Å². The van der Waals surface area contributed by atoms with Crippen molar-refractivity contribution in [3.05, 3.63) is 42.0 Å². The Hall–Kier alpha value is -1.12. The first-order valence-corrected chi connectivity index (χ1v) is 6.31. The first kappa shape index (κ1) is 12.3. The molecule has 0 aliphatic carbocycles. The second kappa shape index (κ2) is 6.58. The van der Waals surface area contributed by atoms with Crippen LogP contribution in [0.25, 0.3) is 5.57 Å². The maximum absolute atomic E-state index is 5.68. The molecule has 92 valence electrons. The van der Waals surface area contributed by atoms with Gasteiger partial charge < -0.3 is 9.47 Å². The molecular weight excluding hydrogens is 212 g/mol. The number of hydrogen-bond acceptors (Lipinski definition) is 2. The van der Waals surface area contributed by atoms with Crippen LogP contribution >= 0.6 is 0 Å². The average molecular weight is 232 g/mol. The smallest absolute Gasteiger partial charge is 0.157 e. The van der Waals surface area contributed by atoms with E-state index < -0.39 is 0 Å². The zero-order chi connectivity index (χ0) is 11.9. The molecule has 0 amide bonds. The molecule has 1 saturated heterocycles. The van der Waals surface area contributed by atoms with Crippen LogP contribution in [0.4, 0.5) is 0 Å². The van der Waals surface area contributed by atoms with Crippen molar-refractivity contribution in [3.63, 3.8) is 0 Å². The third-order valence-electron chi connectivity index (χ3n) is 3.04. The molecule has 1 unspecified atom stereocenters. The second-order valence-electron chi connectivity index (χ2n) is 4.38. The molecule has 1 aliphatic rings. The Morgan fingerprint density at radius 1 is 1.35 bits per heavy atom. The molecule has 1 atom stereocenters. The summed E-state index contributed by atoms with van der Waals surface area (Å²) in [4.78, 5) is 0. The standard InChI is InChI=1S/C15H20O2/c1-13(14-7-3-2-4-8-14)10-12-17-15-9-5-6-11-16-15/h2-4,7-8,10,15H,5-6,9,11-12H2,1H3. The van der Waals surface area contributed by atoms with Crippen molar-refractivity contribution in [1.29, 1.82) is 0 Å². The van der Waals surface area contributed by atoms with Gasteiger partial charge in [0.05, 0.1) is 6.61 Å². The lowest BCUT2D eigenvalue weighted by Crippen LogP contribution is -2.22. The van der Waals surface area contributed by atoms with Crippen LogP contribution in [0.15, 0.2) is 36.4 Å². The molecular formula is C15H20O2. The van der Waals surface area contributed by atoms with Crippen molar-refractivity contribution >= 4 is 5.57 Å². The lowest BCUT2D eigenvalue weighted by molar-refractivity contribution is -0.155. The zero-order valence-electron chi connectivity index (χ0n) is 10.4. The van der Waals surface area contributed by atoms with Crippen LogP contribution in [0.2, 0.25) is 0 Å². The monoisotopic (exact) mass is 232 g/mol. The third-order valence-corrected chi connectivity index (χ3v) is 3.04. The summed E-state index contributed by atoms with van der Waals surface area (Å²) in [7, 11) is 0. The van der Waals surface area contributed by atoms with Crippen molar-refractivity contribution in [2.75, 3.05) is 13.2 Å². The molecule has 0 bridgehead atoms. The van der Waals surface area contributed by atoms with Crippen molar-refractivity contribution in [3.8, 4) is 0 Å². The van der Waals surface area contributed by atoms with Crippen LogP contribution in [0.1, 0.15) is 31.7 Å². The van der Waals surface area contributed by atoms with Crippen molar-refractivity contribution < 1.29 is 9.47 Å². The highest BCUT2D eigenvalue weighted by Gasteiger charge is 2.12. The van der Waals surface area contributed by atoms with Gasteiger partial charge in [-0.05, 0) is 37.3 Å². The summed E-state index contributed by atoms with van der Waals surface area (Å²) in [5.74, 6) is 0. The maximum atomic E-state index is 5.68. The van der Waals surface area contributed by atoms with E-state index in [9.17, 15) is 0 Å². The van der Waals surface area contributed by atoms with E-state index in [-0.39, 0.29) is 6.29 Å².